The number of rotatable bonds is 4. The Balaban J connectivity index is 1.67. The summed E-state index contributed by atoms with van der Waals surface area (Å²) in [6, 6.07) is 9.98. The zero-order valence-corrected chi connectivity index (χ0v) is 14.3. The van der Waals surface area contributed by atoms with Crippen molar-refractivity contribution >= 4 is 11.7 Å². The van der Waals surface area contributed by atoms with Crippen LogP contribution in [0.5, 0.6) is 0 Å². The molecule has 0 bridgehead atoms. The van der Waals surface area contributed by atoms with Crippen molar-refractivity contribution < 1.29 is 4.79 Å². The molecule has 1 amide bonds. The quantitative estimate of drug-likeness (QED) is 0.938. The molecule has 126 valence electrons. The van der Waals surface area contributed by atoms with Crippen LogP contribution in [0.2, 0.25) is 0 Å². The maximum Gasteiger partial charge on any atom is 0.272 e. The molecule has 1 saturated heterocycles. The first-order valence-electron chi connectivity index (χ1n) is 8.53. The molecule has 0 aliphatic carbocycles. The topological polar surface area (TPSA) is 58.1 Å². The van der Waals surface area contributed by atoms with Crippen molar-refractivity contribution in [1.82, 2.24) is 14.9 Å². The monoisotopic (exact) mass is 324 g/mol. The molecule has 2 aromatic rings. The summed E-state index contributed by atoms with van der Waals surface area (Å²) in [4.78, 5) is 22.9. The minimum absolute atomic E-state index is 0.00268. The maximum atomic E-state index is 12.6. The van der Waals surface area contributed by atoms with E-state index in [1.165, 1.54) is 23.9 Å². The van der Waals surface area contributed by atoms with Crippen LogP contribution >= 0.6 is 0 Å². The third-order valence-corrected chi connectivity index (χ3v) is 4.55. The molecule has 3 rings (SSSR count). The van der Waals surface area contributed by atoms with E-state index in [4.69, 9.17) is 0 Å². The molecule has 5 heteroatoms. The zero-order chi connectivity index (χ0) is 16.9. The number of nitrogens with zero attached hydrogens (tertiary/aromatic N) is 3. The number of nitrogens with one attached hydrogen (secondary N) is 1. The average molecular weight is 324 g/mol. The third kappa shape index (κ3) is 3.91. The van der Waals surface area contributed by atoms with Crippen LogP contribution in [0.1, 0.15) is 41.4 Å². The summed E-state index contributed by atoms with van der Waals surface area (Å²) in [6.07, 6.45) is 3.72. The highest BCUT2D eigenvalue weighted by Crippen LogP contribution is 2.18. The lowest BCUT2D eigenvalue weighted by Crippen LogP contribution is -2.39. The van der Waals surface area contributed by atoms with E-state index in [1.807, 2.05) is 17.0 Å². The van der Waals surface area contributed by atoms with Crippen LogP contribution in [-0.2, 0) is 6.54 Å². The maximum absolute atomic E-state index is 12.6. The number of hydrogen-bond acceptors (Lipinski definition) is 4. The molecule has 1 aromatic carbocycles. The fourth-order valence-corrected chi connectivity index (χ4v) is 3.10. The van der Waals surface area contributed by atoms with Gasteiger partial charge < -0.3 is 10.2 Å². The van der Waals surface area contributed by atoms with Crippen LogP contribution in [0.25, 0.3) is 0 Å². The lowest BCUT2D eigenvalue weighted by Gasteiger charge is -2.30. The number of carbonyl (C=O) groups is 1. The van der Waals surface area contributed by atoms with Gasteiger partial charge in [0.2, 0.25) is 0 Å². The number of carbonyl (C=O) groups excluding carboxylic acids is 1. The highest BCUT2D eigenvalue weighted by molar-refractivity contribution is 5.93. The van der Waals surface area contributed by atoms with Crippen LogP contribution in [0.4, 0.5) is 5.82 Å². The lowest BCUT2D eigenvalue weighted by atomic mass is 10.00. The van der Waals surface area contributed by atoms with Crippen LogP contribution < -0.4 is 5.32 Å². The molecule has 1 atom stereocenters. The van der Waals surface area contributed by atoms with Crippen LogP contribution in [0, 0.1) is 12.8 Å². The summed E-state index contributed by atoms with van der Waals surface area (Å²) in [5.74, 6) is 1.24. The number of piperidine rings is 1. The predicted molar refractivity (Wildman–Crippen MR) is 94.8 cm³/mol. The van der Waals surface area contributed by atoms with Crippen molar-refractivity contribution in [2.24, 2.45) is 5.92 Å². The van der Waals surface area contributed by atoms with E-state index in [1.54, 1.807) is 6.07 Å². The third-order valence-electron chi connectivity index (χ3n) is 4.55. The first-order valence-corrected chi connectivity index (χ1v) is 8.53. The Morgan fingerprint density at radius 3 is 2.96 bits per heavy atom. The number of aryl methyl sites for hydroxylation is 1. The highest BCUT2D eigenvalue weighted by Gasteiger charge is 2.23. The van der Waals surface area contributed by atoms with E-state index < -0.39 is 0 Å². The van der Waals surface area contributed by atoms with Gasteiger partial charge in [0, 0.05) is 25.7 Å². The molecule has 0 radical (unpaired) electrons. The van der Waals surface area contributed by atoms with Gasteiger partial charge in [-0.25, -0.2) is 9.97 Å². The van der Waals surface area contributed by atoms with Gasteiger partial charge in [0.05, 0.1) is 0 Å². The Bertz CT molecular complexity index is 716. The summed E-state index contributed by atoms with van der Waals surface area (Å²) in [6.45, 7) is 6.59. The molecular formula is C19H24N4O. The van der Waals surface area contributed by atoms with Gasteiger partial charge in [-0.05, 0) is 36.8 Å². The van der Waals surface area contributed by atoms with Gasteiger partial charge in [0.1, 0.15) is 17.8 Å². The Labute approximate surface area is 143 Å². The van der Waals surface area contributed by atoms with Gasteiger partial charge in [-0.15, -0.1) is 0 Å². The molecule has 1 aromatic heterocycles. The van der Waals surface area contributed by atoms with E-state index in [0.29, 0.717) is 24.0 Å². The van der Waals surface area contributed by atoms with Crippen LogP contribution in [0.15, 0.2) is 36.7 Å². The smallest absolute Gasteiger partial charge is 0.272 e. The van der Waals surface area contributed by atoms with Crippen molar-refractivity contribution in [3.8, 4) is 0 Å². The van der Waals surface area contributed by atoms with Gasteiger partial charge >= 0.3 is 0 Å². The van der Waals surface area contributed by atoms with Crippen molar-refractivity contribution in [3.05, 3.63) is 53.5 Å². The summed E-state index contributed by atoms with van der Waals surface area (Å²) in [5.41, 5.74) is 2.91. The molecule has 0 spiro atoms. The van der Waals surface area contributed by atoms with Crippen LogP contribution in [-0.4, -0.2) is 33.9 Å². The average Bonchev–Trinajstić information content (AvgIpc) is 2.61. The van der Waals surface area contributed by atoms with Crippen molar-refractivity contribution in [2.75, 3.05) is 18.4 Å². The first-order chi connectivity index (χ1) is 11.6. The molecule has 1 fully saturated rings. The minimum Gasteiger partial charge on any atom is -0.366 e. The number of aromatic nitrogens is 2. The number of benzene rings is 1. The number of anilines is 1. The minimum atomic E-state index is 0.00268. The zero-order valence-electron chi connectivity index (χ0n) is 14.3. The van der Waals surface area contributed by atoms with E-state index in [9.17, 15) is 4.79 Å². The molecular weight excluding hydrogens is 300 g/mol. The fourth-order valence-electron chi connectivity index (χ4n) is 3.10. The fraction of sp³-hybridized carbons (Fsp3) is 0.421. The summed E-state index contributed by atoms with van der Waals surface area (Å²) in [7, 11) is 0. The van der Waals surface area contributed by atoms with E-state index in [2.05, 4.69) is 41.3 Å². The van der Waals surface area contributed by atoms with Crippen molar-refractivity contribution in [3.63, 3.8) is 0 Å². The second-order valence-corrected chi connectivity index (χ2v) is 6.57. The number of hydrogen-bond donors (Lipinski definition) is 1. The second-order valence-electron chi connectivity index (χ2n) is 6.57. The molecule has 2 heterocycles. The van der Waals surface area contributed by atoms with Crippen molar-refractivity contribution in [2.45, 2.75) is 33.2 Å². The molecule has 0 saturated carbocycles. The molecule has 1 aliphatic rings. The Hall–Kier alpha value is -2.43. The van der Waals surface area contributed by atoms with Gasteiger partial charge in [-0.3, -0.25) is 4.79 Å². The lowest BCUT2D eigenvalue weighted by molar-refractivity contribution is 0.0677. The molecule has 5 nitrogen and oxygen atoms in total. The van der Waals surface area contributed by atoms with E-state index >= 15 is 0 Å². The summed E-state index contributed by atoms with van der Waals surface area (Å²) in [5, 5.41) is 3.29. The standard InChI is InChI=1S/C19H24N4O/c1-14-6-5-9-23(12-14)19(24)17-10-18(22-13-21-17)20-11-16-8-4-3-7-15(16)2/h3-4,7-8,10,13-14H,5-6,9,11-12H2,1-2H3,(H,20,21,22). The number of likely N-dealkylation sites (tertiary alicyclic amines) is 1. The molecule has 1 unspecified atom stereocenters. The van der Waals surface area contributed by atoms with Gasteiger partial charge in [0.25, 0.3) is 5.91 Å². The summed E-state index contributed by atoms with van der Waals surface area (Å²) < 4.78 is 0. The molecule has 24 heavy (non-hydrogen) atoms. The molecule has 1 aliphatic heterocycles. The number of amides is 1. The Morgan fingerprint density at radius 2 is 2.17 bits per heavy atom. The summed E-state index contributed by atoms with van der Waals surface area (Å²) >= 11 is 0. The van der Waals surface area contributed by atoms with E-state index in [0.717, 1.165) is 19.5 Å². The SMILES string of the molecule is Cc1ccccc1CNc1cc(C(=O)N2CCCC(C)C2)ncn1. The van der Waals surface area contributed by atoms with Gasteiger partial charge in [0.15, 0.2) is 0 Å². The first kappa shape index (κ1) is 16.4. The van der Waals surface area contributed by atoms with E-state index in [-0.39, 0.29) is 5.91 Å². The largest absolute Gasteiger partial charge is 0.366 e. The van der Waals surface area contributed by atoms with Gasteiger partial charge in [-0.1, -0.05) is 31.2 Å². The Kier molecular flexibility index (Phi) is 5.08. The van der Waals surface area contributed by atoms with Gasteiger partial charge in [-0.2, -0.15) is 0 Å². The highest BCUT2D eigenvalue weighted by atomic mass is 16.2. The molecule has 1 N–H and O–H groups in total. The van der Waals surface area contributed by atoms with Crippen molar-refractivity contribution in [1.29, 1.82) is 0 Å². The van der Waals surface area contributed by atoms with Crippen LogP contribution in [0.3, 0.4) is 0 Å². The predicted octanol–water partition coefficient (Wildman–Crippen LogP) is 3.27. The second kappa shape index (κ2) is 7.43. The Morgan fingerprint density at radius 1 is 1.33 bits per heavy atom. The normalized spacial score (nSPS) is 17.6.